The summed E-state index contributed by atoms with van der Waals surface area (Å²) in [5.41, 5.74) is -0.213. The molecule has 2 amide bonds. The number of carboxylic acids is 1. The van der Waals surface area contributed by atoms with Crippen molar-refractivity contribution in [2.45, 2.75) is 18.6 Å². The van der Waals surface area contributed by atoms with E-state index in [0.717, 1.165) is 4.90 Å². The molecule has 1 aromatic carbocycles. The molecule has 0 spiro atoms. The second-order valence-corrected chi connectivity index (χ2v) is 5.99. The third kappa shape index (κ3) is 1.50. The van der Waals surface area contributed by atoms with Gasteiger partial charge >= 0.3 is 5.97 Å². The molecule has 4 rings (SSSR count). The minimum atomic E-state index is -1.05. The fourth-order valence-electron chi connectivity index (χ4n) is 3.66. The molecule has 112 valence electrons. The number of hydrogen-bond donors (Lipinski definition) is 1. The molecule has 4 atom stereocenters. The van der Waals surface area contributed by atoms with Crippen LogP contribution in [0.4, 0.5) is 5.69 Å². The lowest BCUT2D eigenvalue weighted by Gasteiger charge is -2.24. The van der Waals surface area contributed by atoms with Crippen LogP contribution in [0, 0.1) is 11.8 Å². The van der Waals surface area contributed by atoms with Gasteiger partial charge in [-0.15, -0.1) is 0 Å². The smallest absolute Gasteiger partial charge is 0.335 e. The Morgan fingerprint density at radius 1 is 1.23 bits per heavy atom. The van der Waals surface area contributed by atoms with Gasteiger partial charge in [0, 0.05) is 0 Å². The van der Waals surface area contributed by atoms with E-state index in [9.17, 15) is 14.4 Å². The lowest BCUT2D eigenvalue weighted by atomic mass is 9.78. The van der Waals surface area contributed by atoms with Gasteiger partial charge < -0.3 is 9.84 Å². The lowest BCUT2D eigenvalue weighted by Crippen LogP contribution is -2.38. The summed E-state index contributed by atoms with van der Waals surface area (Å²) in [5, 5.41) is 8.92. The number of nitrogens with zero attached hydrogens (tertiary/aromatic N) is 1. The van der Waals surface area contributed by atoms with E-state index in [1.165, 1.54) is 24.3 Å². The zero-order valence-corrected chi connectivity index (χ0v) is 11.7. The van der Waals surface area contributed by atoms with Gasteiger partial charge in [0.15, 0.2) is 0 Å². The first-order valence-electron chi connectivity index (χ1n) is 7.01. The number of carbonyl (C=O) groups excluding carboxylic acids is 2. The Hall–Kier alpha value is -2.47. The number of rotatable bonds is 2. The number of fused-ring (bicyclic) bond motifs is 5. The SMILES string of the molecule is C[C@]12C=C[C@H](O1)[C@@H]1C(=O)N(c3ccc(C(=O)O)cc3)C(=O)[C@@H]12. The van der Waals surface area contributed by atoms with Gasteiger partial charge in [-0.25, -0.2) is 9.69 Å². The fraction of sp³-hybridized carbons (Fsp3) is 0.312. The molecule has 6 heteroatoms. The molecule has 1 N–H and O–H groups in total. The van der Waals surface area contributed by atoms with Crippen molar-refractivity contribution < 1.29 is 24.2 Å². The summed E-state index contributed by atoms with van der Waals surface area (Å²) in [7, 11) is 0. The van der Waals surface area contributed by atoms with E-state index in [2.05, 4.69) is 0 Å². The van der Waals surface area contributed by atoms with Crippen LogP contribution < -0.4 is 4.90 Å². The van der Waals surface area contributed by atoms with E-state index >= 15 is 0 Å². The predicted octanol–water partition coefficient (Wildman–Crippen LogP) is 1.22. The Morgan fingerprint density at radius 3 is 2.50 bits per heavy atom. The molecule has 0 unspecified atom stereocenters. The molecule has 3 aliphatic heterocycles. The number of aromatic carboxylic acids is 1. The number of carboxylic acid groups (broad SMARTS) is 1. The second-order valence-electron chi connectivity index (χ2n) is 5.99. The van der Waals surface area contributed by atoms with Crippen molar-refractivity contribution in [1.82, 2.24) is 0 Å². The fourth-order valence-corrected chi connectivity index (χ4v) is 3.66. The van der Waals surface area contributed by atoms with Crippen LogP contribution in [0.15, 0.2) is 36.4 Å². The summed E-state index contributed by atoms with van der Waals surface area (Å²) in [5.74, 6) is -2.61. The van der Waals surface area contributed by atoms with Gasteiger partial charge in [0.1, 0.15) is 0 Å². The standard InChI is InChI=1S/C16H13NO5/c1-16-7-6-10(22-16)11-12(16)14(19)17(13(11)18)9-4-2-8(3-5-9)15(20)21/h2-7,10-12H,1H3,(H,20,21)/t10-,11-,12+,16+/m0/s1. The van der Waals surface area contributed by atoms with Crippen molar-refractivity contribution in [1.29, 1.82) is 0 Å². The van der Waals surface area contributed by atoms with Crippen molar-refractivity contribution in [3.8, 4) is 0 Å². The molecule has 3 heterocycles. The van der Waals surface area contributed by atoms with Crippen LogP contribution in [-0.4, -0.2) is 34.6 Å². The maximum absolute atomic E-state index is 12.7. The highest BCUT2D eigenvalue weighted by Crippen LogP contribution is 2.52. The minimum Gasteiger partial charge on any atom is -0.478 e. The summed E-state index contributed by atoms with van der Waals surface area (Å²) in [6.45, 7) is 1.82. The summed E-state index contributed by atoms with van der Waals surface area (Å²) in [6, 6.07) is 5.74. The van der Waals surface area contributed by atoms with E-state index in [1.807, 2.05) is 19.1 Å². The molecule has 0 aromatic heterocycles. The van der Waals surface area contributed by atoms with Gasteiger partial charge in [0.2, 0.25) is 11.8 Å². The molecule has 1 aromatic rings. The molecule has 0 aliphatic carbocycles. The van der Waals surface area contributed by atoms with E-state index in [-0.39, 0.29) is 23.5 Å². The van der Waals surface area contributed by atoms with Crippen LogP contribution in [0.5, 0.6) is 0 Å². The summed E-state index contributed by atoms with van der Waals surface area (Å²) >= 11 is 0. The molecule has 0 radical (unpaired) electrons. The third-order valence-corrected chi connectivity index (χ3v) is 4.70. The number of amides is 2. The Kier molecular flexibility index (Phi) is 2.43. The largest absolute Gasteiger partial charge is 0.478 e. The van der Waals surface area contributed by atoms with Crippen LogP contribution in [0.1, 0.15) is 17.3 Å². The normalized spacial score (nSPS) is 35.3. The van der Waals surface area contributed by atoms with E-state index in [1.54, 1.807) is 0 Å². The summed E-state index contributed by atoms with van der Waals surface area (Å²) in [6.07, 6.45) is 3.33. The quantitative estimate of drug-likeness (QED) is 0.655. The molecule has 6 nitrogen and oxygen atoms in total. The lowest BCUT2D eigenvalue weighted by molar-refractivity contribution is -0.126. The molecule has 2 fully saturated rings. The van der Waals surface area contributed by atoms with Gasteiger partial charge in [-0.05, 0) is 31.2 Å². The molecular formula is C16H13NO5. The first kappa shape index (κ1) is 13.2. The van der Waals surface area contributed by atoms with E-state index in [4.69, 9.17) is 9.84 Å². The highest BCUT2D eigenvalue weighted by atomic mass is 16.5. The number of ether oxygens (including phenoxy) is 1. The number of carbonyl (C=O) groups is 3. The van der Waals surface area contributed by atoms with Gasteiger partial charge in [-0.2, -0.15) is 0 Å². The van der Waals surface area contributed by atoms with Crippen LogP contribution in [-0.2, 0) is 14.3 Å². The monoisotopic (exact) mass is 299 g/mol. The molecule has 22 heavy (non-hydrogen) atoms. The third-order valence-electron chi connectivity index (χ3n) is 4.70. The summed E-state index contributed by atoms with van der Waals surface area (Å²) < 4.78 is 5.75. The highest BCUT2D eigenvalue weighted by molar-refractivity contribution is 6.23. The van der Waals surface area contributed by atoms with Gasteiger partial charge in [0.25, 0.3) is 0 Å². The Balaban J connectivity index is 1.71. The van der Waals surface area contributed by atoms with Crippen molar-refractivity contribution >= 4 is 23.5 Å². The number of hydrogen-bond acceptors (Lipinski definition) is 4. The second kappa shape index (κ2) is 4.04. The van der Waals surface area contributed by atoms with Crippen LogP contribution >= 0.6 is 0 Å². The van der Waals surface area contributed by atoms with Crippen molar-refractivity contribution in [3.63, 3.8) is 0 Å². The Bertz CT molecular complexity index is 737. The highest BCUT2D eigenvalue weighted by Gasteiger charge is 2.65. The zero-order valence-electron chi connectivity index (χ0n) is 11.7. The molecular weight excluding hydrogens is 286 g/mol. The predicted molar refractivity (Wildman–Crippen MR) is 75.3 cm³/mol. The van der Waals surface area contributed by atoms with Crippen LogP contribution in [0.25, 0.3) is 0 Å². The maximum Gasteiger partial charge on any atom is 0.335 e. The first-order chi connectivity index (χ1) is 10.4. The first-order valence-corrected chi connectivity index (χ1v) is 7.01. The maximum atomic E-state index is 12.7. The molecule has 3 aliphatic rings. The van der Waals surface area contributed by atoms with Gasteiger partial charge in [0.05, 0.1) is 34.8 Å². The number of benzene rings is 1. The van der Waals surface area contributed by atoms with Gasteiger partial charge in [-0.3, -0.25) is 9.59 Å². The van der Waals surface area contributed by atoms with Crippen molar-refractivity contribution in [2.75, 3.05) is 4.90 Å². The van der Waals surface area contributed by atoms with Crippen LogP contribution in [0.3, 0.4) is 0 Å². The molecule has 0 saturated carbocycles. The molecule has 2 saturated heterocycles. The van der Waals surface area contributed by atoms with Crippen molar-refractivity contribution in [2.24, 2.45) is 11.8 Å². The van der Waals surface area contributed by atoms with E-state index in [0.29, 0.717) is 5.69 Å². The minimum absolute atomic E-state index is 0.111. The Morgan fingerprint density at radius 2 is 1.91 bits per heavy atom. The zero-order chi connectivity index (χ0) is 15.6. The average Bonchev–Trinajstić information content (AvgIpc) is 3.08. The molecule has 2 bridgehead atoms. The van der Waals surface area contributed by atoms with Crippen molar-refractivity contribution in [3.05, 3.63) is 42.0 Å². The van der Waals surface area contributed by atoms with Crippen LogP contribution in [0.2, 0.25) is 0 Å². The van der Waals surface area contributed by atoms with Gasteiger partial charge in [-0.1, -0.05) is 12.2 Å². The number of imide groups is 1. The Labute approximate surface area is 126 Å². The van der Waals surface area contributed by atoms with E-state index < -0.39 is 23.4 Å². The summed E-state index contributed by atoms with van der Waals surface area (Å²) in [4.78, 5) is 37.4. The topological polar surface area (TPSA) is 83.9 Å². The average molecular weight is 299 g/mol. The number of anilines is 1.